The molecule has 1 amide bonds. The Kier molecular flexibility index (Phi) is 8.35. The number of amides is 1. The number of rotatable bonds is 6. The Morgan fingerprint density at radius 1 is 0.920 bits per heavy atom. The minimum atomic E-state index is -0.599. The highest BCUT2D eigenvalue weighted by Gasteiger charge is 2.23. The predicted octanol–water partition coefficient (Wildman–Crippen LogP) is 4.41. The van der Waals surface area contributed by atoms with Crippen LogP contribution in [0.3, 0.4) is 0 Å². The van der Waals surface area contributed by atoms with Gasteiger partial charge in [0.05, 0.1) is 6.61 Å². The zero-order valence-corrected chi connectivity index (χ0v) is 15.6. The van der Waals surface area contributed by atoms with Gasteiger partial charge in [0.15, 0.2) is 0 Å². The van der Waals surface area contributed by atoms with Crippen molar-refractivity contribution in [3.63, 3.8) is 0 Å². The minimum Gasteiger partial charge on any atom is -0.446 e. The van der Waals surface area contributed by atoms with Crippen LogP contribution >= 0.6 is 0 Å². The molecule has 0 saturated heterocycles. The Bertz CT molecular complexity index is 390. The van der Waals surface area contributed by atoms with E-state index < -0.39 is 6.16 Å². The molecule has 0 aromatic rings. The van der Waals surface area contributed by atoms with Crippen molar-refractivity contribution in [2.24, 2.45) is 11.8 Å². The molecule has 0 aliphatic heterocycles. The maximum absolute atomic E-state index is 11.7. The molecule has 0 spiro atoms. The van der Waals surface area contributed by atoms with Crippen LogP contribution in [0.2, 0.25) is 0 Å². The van der Waals surface area contributed by atoms with Crippen molar-refractivity contribution in [1.29, 1.82) is 0 Å². The van der Waals surface area contributed by atoms with Crippen molar-refractivity contribution in [3.05, 3.63) is 0 Å². The molecule has 0 aromatic carbocycles. The lowest BCUT2D eigenvalue weighted by Gasteiger charge is -2.26. The third kappa shape index (κ3) is 7.97. The van der Waals surface area contributed by atoms with E-state index in [4.69, 9.17) is 14.2 Å². The lowest BCUT2D eigenvalue weighted by Crippen LogP contribution is -2.32. The molecule has 0 heterocycles. The lowest BCUT2D eigenvalue weighted by molar-refractivity contribution is 0.00402. The van der Waals surface area contributed by atoms with Gasteiger partial charge in [-0.3, -0.25) is 0 Å². The van der Waals surface area contributed by atoms with Crippen molar-refractivity contribution in [2.45, 2.75) is 83.8 Å². The van der Waals surface area contributed by atoms with Gasteiger partial charge < -0.3 is 19.5 Å². The average molecular weight is 355 g/mol. The second-order valence-corrected chi connectivity index (χ2v) is 7.69. The molecule has 2 rings (SSSR count). The van der Waals surface area contributed by atoms with E-state index in [-0.39, 0.29) is 24.9 Å². The molecule has 0 aromatic heterocycles. The molecule has 1 N–H and O–H groups in total. The van der Waals surface area contributed by atoms with Crippen molar-refractivity contribution in [3.8, 4) is 0 Å². The van der Waals surface area contributed by atoms with Crippen LogP contribution in [0.1, 0.15) is 71.6 Å². The third-order valence-electron chi connectivity index (χ3n) is 5.12. The van der Waals surface area contributed by atoms with Crippen LogP contribution in [0.5, 0.6) is 0 Å². The molecular weight excluding hydrogens is 322 g/mol. The van der Waals surface area contributed by atoms with Gasteiger partial charge in [-0.2, -0.15) is 0 Å². The van der Waals surface area contributed by atoms with Crippen LogP contribution in [-0.4, -0.2) is 37.6 Å². The van der Waals surface area contributed by atoms with E-state index in [0.717, 1.165) is 38.5 Å². The fourth-order valence-electron chi connectivity index (χ4n) is 3.75. The predicted molar refractivity (Wildman–Crippen MR) is 94.4 cm³/mol. The first-order valence-electron chi connectivity index (χ1n) is 9.80. The topological polar surface area (TPSA) is 73.9 Å². The van der Waals surface area contributed by atoms with Crippen molar-refractivity contribution >= 4 is 12.2 Å². The molecule has 2 saturated carbocycles. The lowest BCUT2D eigenvalue weighted by atomic mass is 9.89. The minimum absolute atomic E-state index is 0.0118. The summed E-state index contributed by atoms with van der Waals surface area (Å²) in [4.78, 5) is 23.4. The number of carbonyl (C=O) groups excluding carboxylic acids is 2. The van der Waals surface area contributed by atoms with Crippen LogP contribution < -0.4 is 5.32 Å². The average Bonchev–Trinajstić information content (AvgIpc) is 2.54. The summed E-state index contributed by atoms with van der Waals surface area (Å²) in [6, 6.07) is 0. The number of carbonyl (C=O) groups is 2. The smallest absolute Gasteiger partial charge is 0.446 e. The summed E-state index contributed by atoms with van der Waals surface area (Å²) in [5.41, 5.74) is 0. The monoisotopic (exact) mass is 355 g/mol. The fraction of sp³-hybridized carbons (Fsp3) is 0.895. The Morgan fingerprint density at radius 3 is 2.12 bits per heavy atom. The van der Waals surface area contributed by atoms with E-state index >= 15 is 0 Å². The summed E-state index contributed by atoms with van der Waals surface area (Å²) >= 11 is 0. The highest BCUT2D eigenvalue weighted by molar-refractivity contribution is 5.67. The van der Waals surface area contributed by atoms with E-state index in [9.17, 15) is 9.59 Å². The number of hydrogen-bond acceptors (Lipinski definition) is 5. The zero-order chi connectivity index (χ0) is 18.1. The van der Waals surface area contributed by atoms with Gasteiger partial charge in [0.2, 0.25) is 0 Å². The van der Waals surface area contributed by atoms with Gasteiger partial charge in [0.1, 0.15) is 12.2 Å². The van der Waals surface area contributed by atoms with E-state index in [1.807, 2.05) is 0 Å². The number of ether oxygens (including phenoxy) is 3. The van der Waals surface area contributed by atoms with Crippen molar-refractivity contribution in [1.82, 2.24) is 5.32 Å². The molecule has 25 heavy (non-hydrogen) atoms. The first-order chi connectivity index (χ1) is 12.0. The first-order valence-corrected chi connectivity index (χ1v) is 9.80. The highest BCUT2D eigenvalue weighted by atomic mass is 16.7. The standard InChI is InChI=1S/C19H33NO5/c1-14-6-3-8-16(12-14)24-18(21)20-10-5-11-23-19(22)25-17-9-4-7-15(2)13-17/h14-17H,3-13H2,1-2H3,(H,20,21)/t14-,15?,16+,17?/m1/s1. The van der Waals surface area contributed by atoms with E-state index in [1.165, 1.54) is 12.8 Å². The molecule has 6 heteroatoms. The number of nitrogens with one attached hydrogen (secondary N) is 1. The number of hydrogen-bond donors (Lipinski definition) is 1. The summed E-state index contributed by atoms with van der Waals surface area (Å²) in [7, 11) is 0. The van der Waals surface area contributed by atoms with Gasteiger partial charge in [-0.05, 0) is 56.8 Å². The Balaban J connectivity index is 1.48. The SMILES string of the molecule is CC1CCCC(OC(=O)OCCCNC(=O)O[C@H]2CCC[C@@H](C)C2)C1. The van der Waals surface area contributed by atoms with Gasteiger partial charge in [0.25, 0.3) is 0 Å². The van der Waals surface area contributed by atoms with E-state index in [0.29, 0.717) is 24.8 Å². The largest absolute Gasteiger partial charge is 0.508 e. The summed E-state index contributed by atoms with van der Waals surface area (Å²) in [5.74, 6) is 1.23. The van der Waals surface area contributed by atoms with Gasteiger partial charge >= 0.3 is 12.2 Å². The molecule has 144 valence electrons. The molecule has 0 bridgehead atoms. The van der Waals surface area contributed by atoms with E-state index in [2.05, 4.69) is 19.2 Å². The van der Waals surface area contributed by atoms with Crippen LogP contribution in [0.4, 0.5) is 9.59 Å². The zero-order valence-electron chi connectivity index (χ0n) is 15.6. The number of alkyl carbamates (subject to hydrolysis) is 1. The summed E-state index contributed by atoms with van der Waals surface area (Å²) in [6.45, 7) is 5.04. The maximum Gasteiger partial charge on any atom is 0.508 e. The molecule has 6 nitrogen and oxygen atoms in total. The van der Waals surface area contributed by atoms with Crippen LogP contribution in [0.15, 0.2) is 0 Å². The van der Waals surface area contributed by atoms with Crippen LogP contribution in [0, 0.1) is 11.8 Å². The summed E-state index contributed by atoms with van der Waals surface area (Å²) < 4.78 is 15.8. The first kappa shape index (κ1) is 19.9. The van der Waals surface area contributed by atoms with Gasteiger partial charge in [-0.15, -0.1) is 0 Å². The fourth-order valence-corrected chi connectivity index (χ4v) is 3.75. The highest BCUT2D eigenvalue weighted by Crippen LogP contribution is 2.26. The third-order valence-corrected chi connectivity index (χ3v) is 5.12. The molecule has 2 aliphatic carbocycles. The van der Waals surface area contributed by atoms with Gasteiger partial charge in [0, 0.05) is 6.54 Å². The van der Waals surface area contributed by atoms with Crippen LogP contribution in [0.25, 0.3) is 0 Å². The Hall–Kier alpha value is -1.46. The van der Waals surface area contributed by atoms with Crippen LogP contribution in [-0.2, 0) is 14.2 Å². The second-order valence-electron chi connectivity index (χ2n) is 7.69. The molecule has 2 unspecified atom stereocenters. The van der Waals surface area contributed by atoms with Crippen molar-refractivity contribution in [2.75, 3.05) is 13.2 Å². The second kappa shape index (κ2) is 10.5. The summed E-state index contributed by atoms with van der Waals surface area (Å²) in [5, 5.41) is 2.71. The molecular formula is C19H33NO5. The quantitative estimate of drug-likeness (QED) is 0.564. The van der Waals surface area contributed by atoms with E-state index in [1.54, 1.807) is 0 Å². The molecule has 2 fully saturated rings. The Labute approximate surface area is 151 Å². The molecule has 2 aliphatic rings. The van der Waals surface area contributed by atoms with Gasteiger partial charge in [-0.1, -0.05) is 26.7 Å². The normalized spacial score (nSPS) is 29.5. The summed E-state index contributed by atoms with van der Waals surface area (Å²) in [6.07, 6.45) is 7.98. The Morgan fingerprint density at radius 2 is 1.52 bits per heavy atom. The van der Waals surface area contributed by atoms with Crippen molar-refractivity contribution < 1.29 is 23.8 Å². The molecule has 0 radical (unpaired) electrons. The maximum atomic E-state index is 11.7. The molecule has 4 atom stereocenters. The van der Waals surface area contributed by atoms with Gasteiger partial charge in [-0.25, -0.2) is 9.59 Å².